The molecule has 0 N–H and O–H groups in total. The van der Waals surface area contributed by atoms with Gasteiger partial charge < -0.3 is 8.87 Å². The molecule has 0 aliphatic rings. The SMILES string of the molecule is CSN(C)c1c(C)ncn1C. The van der Waals surface area contributed by atoms with Crippen molar-refractivity contribution in [2.45, 2.75) is 6.92 Å². The van der Waals surface area contributed by atoms with Gasteiger partial charge in [0.15, 0.2) is 0 Å². The minimum absolute atomic E-state index is 1.07. The van der Waals surface area contributed by atoms with Crippen LogP contribution < -0.4 is 4.31 Å². The molecule has 0 atom stereocenters. The van der Waals surface area contributed by atoms with E-state index in [4.69, 9.17) is 0 Å². The molecule has 1 aromatic rings. The molecule has 1 rings (SSSR count). The first kappa shape index (κ1) is 8.46. The van der Waals surface area contributed by atoms with Gasteiger partial charge in [0.25, 0.3) is 0 Å². The number of rotatable bonds is 2. The number of aromatic nitrogens is 2. The molecule has 0 amide bonds. The predicted molar refractivity (Wildman–Crippen MR) is 49.9 cm³/mol. The average Bonchev–Trinajstić information content (AvgIpc) is 2.30. The lowest BCUT2D eigenvalue weighted by molar-refractivity contribution is 0.905. The third-order valence-electron chi connectivity index (χ3n) is 1.65. The summed E-state index contributed by atoms with van der Waals surface area (Å²) in [5.41, 5.74) is 1.07. The Kier molecular flexibility index (Phi) is 2.44. The Hall–Kier alpha value is -0.640. The van der Waals surface area contributed by atoms with Crippen LogP contribution >= 0.6 is 11.9 Å². The van der Waals surface area contributed by atoms with Gasteiger partial charge in [-0.1, -0.05) is 11.9 Å². The summed E-state index contributed by atoms with van der Waals surface area (Å²) in [7, 11) is 4.04. The van der Waals surface area contributed by atoms with Crippen LogP contribution in [0.25, 0.3) is 0 Å². The molecule has 0 spiro atoms. The molecular weight excluding hydrogens is 158 g/mol. The van der Waals surface area contributed by atoms with E-state index >= 15 is 0 Å². The van der Waals surface area contributed by atoms with E-state index in [1.54, 1.807) is 11.9 Å². The number of hydrogen-bond donors (Lipinski definition) is 0. The first-order valence-electron chi connectivity index (χ1n) is 3.42. The van der Waals surface area contributed by atoms with Crippen LogP contribution in [0.3, 0.4) is 0 Å². The van der Waals surface area contributed by atoms with Gasteiger partial charge in [0.05, 0.1) is 12.0 Å². The van der Waals surface area contributed by atoms with E-state index in [2.05, 4.69) is 9.29 Å². The van der Waals surface area contributed by atoms with Crippen LogP contribution in [-0.2, 0) is 7.05 Å². The lowest BCUT2D eigenvalue weighted by Gasteiger charge is -2.15. The van der Waals surface area contributed by atoms with E-state index in [-0.39, 0.29) is 0 Å². The van der Waals surface area contributed by atoms with Gasteiger partial charge in [0.2, 0.25) is 0 Å². The Morgan fingerprint density at radius 1 is 1.64 bits per heavy atom. The zero-order chi connectivity index (χ0) is 8.43. The first-order chi connectivity index (χ1) is 5.16. The van der Waals surface area contributed by atoms with Crippen LogP contribution in [0.2, 0.25) is 0 Å². The molecule has 1 aromatic heterocycles. The first-order valence-corrected chi connectivity index (χ1v) is 4.60. The van der Waals surface area contributed by atoms with Crippen LogP contribution in [0.15, 0.2) is 6.33 Å². The molecule has 0 aromatic carbocycles. The van der Waals surface area contributed by atoms with Crippen molar-refractivity contribution in [2.24, 2.45) is 7.05 Å². The highest BCUT2D eigenvalue weighted by molar-refractivity contribution is 7.99. The van der Waals surface area contributed by atoms with E-state index in [0.717, 1.165) is 11.5 Å². The normalized spacial score (nSPS) is 10.2. The van der Waals surface area contributed by atoms with Crippen molar-refractivity contribution < 1.29 is 0 Å². The second-order valence-corrected chi connectivity index (χ2v) is 3.36. The van der Waals surface area contributed by atoms with E-state index in [9.17, 15) is 0 Å². The molecular formula is C7H13N3S. The van der Waals surface area contributed by atoms with Crippen molar-refractivity contribution in [1.82, 2.24) is 9.55 Å². The number of imidazole rings is 1. The maximum atomic E-state index is 4.19. The average molecular weight is 171 g/mol. The van der Waals surface area contributed by atoms with Gasteiger partial charge in [-0.2, -0.15) is 0 Å². The zero-order valence-corrected chi connectivity index (χ0v) is 8.14. The minimum atomic E-state index is 1.07. The van der Waals surface area contributed by atoms with Crippen LogP contribution in [0.5, 0.6) is 0 Å². The second-order valence-electron chi connectivity index (χ2n) is 2.44. The van der Waals surface area contributed by atoms with E-state index in [1.807, 2.05) is 38.2 Å². The third kappa shape index (κ3) is 1.50. The Labute approximate surface area is 71.5 Å². The number of nitrogens with zero attached hydrogens (tertiary/aromatic N) is 3. The van der Waals surface area contributed by atoms with Gasteiger partial charge in [-0.05, 0) is 6.92 Å². The molecule has 11 heavy (non-hydrogen) atoms. The summed E-state index contributed by atoms with van der Waals surface area (Å²) in [5, 5.41) is 0. The van der Waals surface area contributed by atoms with Gasteiger partial charge >= 0.3 is 0 Å². The monoisotopic (exact) mass is 171 g/mol. The second kappa shape index (κ2) is 3.17. The maximum absolute atomic E-state index is 4.19. The van der Waals surface area contributed by atoms with Crippen LogP contribution in [0.4, 0.5) is 5.82 Å². The van der Waals surface area contributed by atoms with Gasteiger partial charge in [0.1, 0.15) is 5.82 Å². The molecule has 62 valence electrons. The molecule has 0 radical (unpaired) electrons. The summed E-state index contributed by atoms with van der Waals surface area (Å²) in [6.07, 6.45) is 3.88. The van der Waals surface area contributed by atoms with Gasteiger partial charge in [-0.3, -0.25) is 0 Å². The zero-order valence-electron chi connectivity index (χ0n) is 7.33. The number of anilines is 1. The Balaban J connectivity index is 3.00. The maximum Gasteiger partial charge on any atom is 0.141 e. The Bertz CT molecular complexity index is 224. The minimum Gasteiger partial charge on any atom is -0.320 e. The van der Waals surface area contributed by atoms with Crippen LogP contribution in [0.1, 0.15) is 5.69 Å². The highest BCUT2D eigenvalue weighted by Gasteiger charge is 2.07. The van der Waals surface area contributed by atoms with E-state index in [1.165, 1.54) is 0 Å². The lowest BCUT2D eigenvalue weighted by Crippen LogP contribution is -2.10. The van der Waals surface area contributed by atoms with Crippen molar-refractivity contribution in [1.29, 1.82) is 0 Å². The van der Waals surface area contributed by atoms with E-state index in [0.29, 0.717) is 0 Å². The highest BCUT2D eigenvalue weighted by atomic mass is 32.2. The van der Waals surface area contributed by atoms with Crippen LogP contribution in [-0.4, -0.2) is 22.9 Å². The Morgan fingerprint density at radius 3 is 2.64 bits per heavy atom. The number of aryl methyl sites for hydroxylation is 2. The summed E-state index contributed by atoms with van der Waals surface area (Å²) in [5.74, 6) is 1.16. The fourth-order valence-electron chi connectivity index (χ4n) is 1.08. The Morgan fingerprint density at radius 2 is 2.27 bits per heavy atom. The summed E-state index contributed by atoms with van der Waals surface area (Å²) in [6.45, 7) is 2.02. The fourth-order valence-corrected chi connectivity index (χ4v) is 1.51. The molecule has 3 nitrogen and oxygen atoms in total. The topological polar surface area (TPSA) is 21.1 Å². The summed E-state index contributed by atoms with van der Waals surface area (Å²) >= 11 is 1.68. The largest absolute Gasteiger partial charge is 0.320 e. The molecule has 0 saturated heterocycles. The van der Waals surface area contributed by atoms with Crippen molar-refractivity contribution in [3.8, 4) is 0 Å². The molecule has 0 fully saturated rings. The highest BCUT2D eigenvalue weighted by Crippen LogP contribution is 2.20. The van der Waals surface area contributed by atoms with Gasteiger partial charge in [0, 0.05) is 20.4 Å². The van der Waals surface area contributed by atoms with Crippen molar-refractivity contribution >= 4 is 17.8 Å². The molecule has 1 heterocycles. The molecule has 0 aliphatic carbocycles. The molecule has 0 unspecified atom stereocenters. The summed E-state index contributed by atoms with van der Waals surface area (Å²) in [6, 6.07) is 0. The standard InChI is InChI=1S/C7H13N3S/c1-6-7(10(3)11-4)9(2)5-8-6/h5H,1-4H3. The third-order valence-corrected chi connectivity index (χ3v) is 2.38. The summed E-state index contributed by atoms with van der Waals surface area (Å²) < 4.78 is 4.12. The fraction of sp³-hybridized carbons (Fsp3) is 0.571. The van der Waals surface area contributed by atoms with Crippen molar-refractivity contribution in [3.05, 3.63) is 12.0 Å². The summed E-state index contributed by atoms with van der Waals surface area (Å²) in [4.78, 5) is 4.19. The molecule has 0 bridgehead atoms. The van der Waals surface area contributed by atoms with Crippen LogP contribution in [0, 0.1) is 6.92 Å². The van der Waals surface area contributed by atoms with E-state index < -0.39 is 0 Å². The quantitative estimate of drug-likeness (QED) is 0.628. The smallest absolute Gasteiger partial charge is 0.141 e. The van der Waals surface area contributed by atoms with Crippen molar-refractivity contribution in [2.75, 3.05) is 17.6 Å². The molecule has 0 aliphatic heterocycles. The molecule has 0 saturated carbocycles. The van der Waals surface area contributed by atoms with Gasteiger partial charge in [-0.25, -0.2) is 4.98 Å². The number of hydrogen-bond acceptors (Lipinski definition) is 3. The van der Waals surface area contributed by atoms with Gasteiger partial charge in [-0.15, -0.1) is 0 Å². The lowest BCUT2D eigenvalue weighted by atomic mass is 10.5. The predicted octanol–water partition coefficient (Wildman–Crippen LogP) is 1.44. The molecule has 4 heteroatoms. The van der Waals surface area contributed by atoms with Crippen molar-refractivity contribution in [3.63, 3.8) is 0 Å².